The molecular weight excluding hydrogens is 424 g/mol. The minimum absolute atomic E-state index is 0.0705. The normalized spacial score (nSPS) is 11.3. The van der Waals surface area contributed by atoms with Gasteiger partial charge in [0.15, 0.2) is 10.9 Å². The fraction of sp³-hybridized carbons (Fsp3) is 0.222. The van der Waals surface area contributed by atoms with Crippen LogP contribution in [-0.4, -0.2) is 43.0 Å². The van der Waals surface area contributed by atoms with E-state index in [4.69, 9.17) is 0 Å². The molecular formula is C18H16BrF2N3OS. The molecule has 0 spiro atoms. The zero-order chi connectivity index (χ0) is 18.8. The minimum Gasteiger partial charge on any atom is -0.308 e. The summed E-state index contributed by atoms with van der Waals surface area (Å²) in [5.74, 6) is -1.65. The molecule has 26 heavy (non-hydrogen) atoms. The highest BCUT2D eigenvalue weighted by molar-refractivity contribution is 9.10. The number of rotatable bonds is 5. The van der Waals surface area contributed by atoms with E-state index in [2.05, 4.69) is 20.9 Å². The van der Waals surface area contributed by atoms with Gasteiger partial charge in [-0.15, -0.1) is 0 Å². The van der Waals surface area contributed by atoms with E-state index in [1.165, 1.54) is 11.0 Å². The highest BCUT2D eigenvalue weighted by Crippen LogP contribution is 2.32. The number of hydrogen-bond donors (Lipinski definition) is 0. The van der Waals surface area contributed by atoms with Crippen molar-refractivity contribution in [1.82, 2.24) is 9.88 Å². The fourth-order valence-electron chi connectivity index (χ4n) is 2.43. The molecule has 0 saturated carbocycles. The van der Waals surface area contributed by atoms with Gasteiger partial charge in [-0.3, -0.25) is 9.69 Å². The molecule has 0 unspecified atom stereocenters. The van der Waals surface area contributed by atoms with Crippen LogP contribution < -0.4 is 4.90 Å². The van der Waals surface area contributed by atoms with Crippen molar-refractivity contribution in [2.75, 3.05) is 32.1 Å². The Labute approximate surface area is 162 Å². The lowest BCUT2D eigenvalue weighted by Gasteiger charge is -2.22. The summed E-state index contributed by atoms with van der Waals surface area (Å²) in [4.78, 5) is 20.8. The monoisotopic (exact) mass is 439 g/mol. The van der Waals surface area contributed by atoms with Crippen LogP contribution in [0.5, 0.6) is 0 Å². The molecule has 0 aliphatic heterocycles. The minimum atomic E-state index is -0.733. The first-order valence-electron chi connectivity index (χ1n) is 7.83. The zero-order valence-electron chi connectivity index (χ0n) is 14.2. The van der Waals surface area contributed by atoms with Gasteiger partial charge in [0, 0.05) is 23.6 Å². The van der Waals surface area contributed by atoms with Crippen LogP contribution in [0.15, 0.2) is 40.9 Å². The van der Waals surface area contributed by atoms with Crippen molar-refractivity contribution in [1.29, 1.82) is 0 Å². The van der Waals surface area contributed by atoms with Crippen LogP contribution >= 0.6 is 27.3 Å². The summed E-state index contributed by atoms with van der Waals surface area (Å²) >= 11 is 4.48. The standard InChI is InChI=1S/C18H16BrF2N3OS/c1-23(2)7-8-24(17(25)12-5-3-4-6-13(12)19)18-22-16-14(21)9-11(20)10-15(16)26-18/h3-6,9-10H,7-8H2,1-2H3. The molecule has 0 aliphatic rings. The van der Waals surface area contributed by atoms with Crippen LogP contribution in [0, 0.1) is 11.6 Å². The average molecular weight is 440 g/mol. The summed E-state index contributed by atoms with van der Waals surface area (Å²) in [5, 5.41) is 0.340. The Hall–Kier alpha value is -1.90. The molecule has 3 rings (SSSR count). The van der Waals surface area contributed by atoms with Crippen molar-refractivity contribution in [3.63, 3.8) is 0 Å². The Bertz CT molecular complexity index is 961. The lowest BCUT2D eigenvalue weighted by Crippen LogP contribution is -2.36. The molecule has 136 valence electrons. The molecule has 0 fully saturated rings. The number of anilines is 1. The van der Waals surface area contributed by atoms with Gasteiger partial charge < -0.3 is 4.90 Å². The SMILES string of the molecule is CN(C)CCN(C(=O)c1ccccc1Br)c1nc2c(F)cc(F)cc2s1. The van der Waals surface area contributed by atoms with Crippen molar-refractivity contribution >= 4 is 48.5 Å². The molecule has 0 aliphatic carbocycles. The Balaban J connectivity index is 2.05. The number of thiazole rings is 1. The quantitative estimate of drug-likeness (QED) is 0.585. The number of benzene rings is 2. The van der Waals surface area contributed by atoms with Gasteiger partial charge in [0.25, 0.3) is 5.91 Å². The largest absolute Gasteiger partial charge is 0.308 e. The number of nitrogens with zero attached hydrogens (tertiary/aromatic N) is 3. The highest BCUT2D eigenvalue weighted by Gasteiger charge is 2.24. The smallest absolute Gasteiger partial charge is 0.261 e. The van der Waals surface area contributed by atoms with Gasteiger partial charge in [-0.05, 0) is 48.2 Å². The van der Waals surface area contributed by atoms with E-state index in [1.54, 1.807) is 18.2 Å². The van der Waals surface area contributed by atoms with Crippen LogP contribution in [0.3, 0.4) is 0 Å². The number of hydrogen-bond acceptors (Lipinski definition) is 4. The van der Waals surface area contributed by atoms with E-state index in [1.807, 2.05) is 25.1 Å². The molecule has 0 saturated heterocycles. The van der Waals surface area contributed by atoms with Gasteiger partial charge in [0.2, 0.25) is 0 Å². The van der Waals surface area contributed by atoms with Gasteiger partial charge in [-0.25, -0.2) is 13.8 Å². The average Bonchev–Trinajstić information content (AvgIpc) is 2.99. The lowest BCUT2D eigenvalue weighted by atomic mass is 10.2. The summed E-state index contributed by atoms with van der Waals surface area (Å²) in [6, 6.07) is 9.11. The summed E-state index contributed by atoms with van der Waals surface area (Å²) in [6.07, 6.45) is 0. The molecule has 3 aromatic rings. The summed E-state index contributed by atoms with van der Waals surface area (Å²) in [6.45, 7) is 0.972. The Morgan fingerprint density at radius 3 is 2.62 bits per heavy atom. The van der Waals surface area contributed by atoms with Crippen molar-refractivity contribution < 1.29 is 13.6 Å². The third kappa shape index (κ3) is 3.92. The number of carbonyl (C=O) groups is 1. The number of fused-ring (bicyclic) bond motifs is 1. The summed E-state index contributed by atoms with van der Waals surface area (Å²) in [7, 11) is 3.79. The van der Waals surface area contributed by atoms with Crippen molar-refractivity contribution in [2.45, 2.75) is 0 Å². The lowest BCUT2D eigenvalue weighted by molar-refractivity contribution is 0.0984. The fourth-order valence-corrected chi connectivity index (χ4v) is 3.91. The number of likely N-dealkylation sites (N-methyl/N-ethyl adjacent to an activating group) is 1. The predicted molar refractivity (Wildman–Crippen MR) is 104 cm³/mol. The first-order valence-corrected chi connectivity index (χ1v) is 9.44. The number of carbonyl (C=O) groups excluding carboxylic acids is 1. The Morgan fingerprint density at radius 1 is 1.19 bits per heavy atom. The molecule has 0 N–H and O–H groups in total. The van der Waals surface area contributed by atoms with Crippen LogP contribution in [0.1, 0.15) is 10.4 Å². The van der Waals surface area contributed by atoms with Gasteiger partial charge in [-0.2, -0.15) is 0 Å². The van der Waals surface area contributed by atoms with E-state index < -0.39 is 11.6 Å². The first-order chi connectivity index (χ1) is 12.4. The van der Waals surface area contributed by atoms with Crippen LogP contribution in [0.25, 0.3) is 10.2 Å². The Kier molecular flexibility index (Phi) is 5.64. The second-order valence-electron chi connectivity index (χ2n) is 5.97. The van der Waals surface area contributed by atoms with Gasteiger partial charge in [0.1, 0.15) is 11.3 Å². The molecule has 0 radical (unpaired) electrons. The third-order valence-electron chi connectivity index (χ3n) is 3.75. The molecule has 1 heterocycles. The zero-order valence-corrected chi connectivity index (χ0v) is 16.6. The van der Waals surface area contributed by atoms with Gasteiger partial charge in [0.05, 0.1) is 10.3 Å². The second-order valence-corrected chi connectivity index (χ2v) is 7.83. The van der Waals surface area contributed by atoms with Crippen LogP contribution in [0.2, 0.25) is 0 Å². The molecule has 4 nitrogen and oxygen atoms in total. The number of amides is 1. The summed E-state index contributed by atoms with van der Waals surface area (Å²) < 4.78 is 28.5. The van der Waals surface area contributed by atoms with Crippen molar-refractivity contribution in [3.05, 3.63) is 58.1 Å². The van der Waals surface area contributed by atoms with Gasteiger partial charge >= 0.3 is 0 Å². The molecule has 0 atom stereocenters. The molecule has 1 amide bonds. The third-order valence-corrected chi connectivity index (χ3v) is 5.47. The number of halogens is 3. The second kappa shape index (κ2) is 7.77. The van der Waals surface area contributed by atoms with Crippen LogP contribution in [0.4, 0.5) is 13.9 Å². The highest BCUT2D eigenvalue weighted by atomic mass is 79.9. The van der Waals surface area contributed by atoms with E-state index in [0.29, 0.717) is 33.0 Å². The van der Waals surface area contributed by atoms with E-state index in [-0.39, 0.29) is 11.4 Å². The summed E-state index contributed by atoms with van der Waals surface area (Å²) in [5.41, 5.74) is 0.554. The predicted octanol–water partition coefficient (Wildman–Crippen LogP) is 4.55. The van der Waals surface area contributed by atoms with E-state index in [0.717, 1.165) is 17.4 Å². The van der Waals surface area contributed by atoms with E-state index >= 15 is 0 Å². The van der Waals surface area contributed by atoms with Gasteiger partial charge in [-0.1, -0.05) is 23.5 Å². The van der Waals surface area contributed by atoms with Crippen LogP contribution in [-0.2, 0) is 0 Å². The molecule has 0 bridgehead atoms. The molecule has 1 aromatic heterocycles. The Morgan fingerprint density at radius 2 is 1.92 bits per heavy atom. The van der Waals surface area contributed by atoms with Crippen molar-refractivity contribution in [3.8, 4) is 0 Å². The van der Waals surface area contributed by atoms with Crippen molar-refractivity contribution in [2.24, 2.45) is 0 Å². The maximum atomic E-state index is 14.0. The number of aromatic nitrogens is 1. The first kappa shape index (κ1) is 18.9. The maximum absolute atomic E-state index is 14.0. The van der Waals surface area contributed by atoms with E-state index in [9.17, 15) is 13.6 Å². The molecule has 2 aromatic carbocycles. The maximum Gasteiger partial charge on any atom is 0.261 e. The topological polar surface area (TPSA) is 36.4 Å². The molecule has 8 heteroatoms.